The van der Waals surface area contributed by atoms with Gasteiger partial charge in [0.25, 0.3) is 0 Å². The van der Waals surface area contributed by atoms with E-state index >= 15 is 0 Å². The molecule has 0 aliphatic rings. The SMILES string of the molecule is CC(O)CCNCCCC(F)(F)F. The van der Waals surface area contributed by atoms with Gasteiger partial charge < -0.3 is 10.4 Å². The average Bonchev–Trinajstić information content (AvgIpc) is 1.93. The lowest BCUT2D eigenvalue weighted by Gasteiger charge is -2.07. The van der Waals surface area contributed by atoms with Gasteiger partial charge >= 0.3 is 6.18 Å². The first kappa shape index (κ1) is 12.7. The summed E-state index contributed by atoms with van der Waals surface area (Å²) in [5.74, 6) is 0. The summed E-state index contributed by atoms with van der Waals surface area (Å²) in [4.78, 5) is 0. The molecule has 0 aromatic carbocycles. The standard InChI is InChI=1S/C8H16F3NO/c1-7(13)3-6-12-5-2-4-8(9,10)11/h7,12-13H,2-6H2,1H3. The minimum Gasteiger partial charge on any atom is -0.393 e. The molecule has 13 heavy (non-hydrogen) atoms. The van der Waals surface area contributed by atoms with Crippen molar-refractivity contribution < 1.29 is 18.3 Å². The molecule has 2 nitrogen and oxygen atoms in total. The lowest BCUT2D eigenvalue weighted by atomic mass is 10.2. The minimum absolute atomic E-state index is 0.101. The zero-order chi connectivity index (χ0) is 10.3. The maximum Gasteiger partial charge on any atom is 0.389 e. The summed E-state index contributed by atoms with van der Waals surface area (Å²) in [5, 5.41) is 11.6. The molecule has 0 spiro atoms. The predicted molar refractivity (Wildman–Crippen MR) is 44.5 cm³/mol. The number of halogens is 3. The fraction of sp³-hybridized carbons (Fsp3) is 1.00. The Labute approximate surface area is 76.1 Å². The fourth-order valence-electron chi connectivity index (χ4n) is 0.850. The van der Waals surface area contributed by atoms with Crippen molar-refractivity contribution >= 4 is 0 Å². The van der Waals surface area contributed by atoms with Gasteiger partial charge in [-0.3, -0.25) is 0 Å². The van der Waals surface area contributed by atoms with E-state index in [0.29, 0.717) is 19.5 Å². The van der Waals surface area contributed by atoms with Crippen LogP contribution in [0.1, 0.15) is 26.2 Å². The highest BCUT2D eigenvalue weighted by molar-refractivity contribution is 4.55. The van der Waals surface area contributed by atoms with E-state index < -0.39 is 18.7 Å². The third kappa shape index (κ3) is 11.7. The van der Waals surface area contributed by atoms with Crippen LogP contribution in [-0.4, -0.2) is 30.5 Å². The molecule has 0 aromatic heterocycles. The van der Waals surface area contributed by atoms with Gasteiger partial charge in [0.15, 0.2) is 0 Å². The van der Waals surface area contributed by atoms with Crippen molar-refractivity contribution in [3.63, 3.8) is 0 Å². The van der Waals surface area contributed by atoms with Crippen molar-refractivity contribution in [2.24, 2.45) is 0 Å². The van der Waals surface area contributed by atoms with Gasteiger partial charge in [-0.1, -0.05) is 0 Å². The van der Waals surface area contributed by atoms with Crippen molar-refractivity contribution in [1.82, 2.24) is 5.32 Å². The molecule has 1 atom stereocenters. The number of alkyl halides is 3. The van der Waals surface area contributed by atoms with Crippen molar-refractivity contribution in [3.05, 3.63) is 0 Å². The van der Waals surface area contributed by atoms with Crippen LogP contribution < -0.4 is 5.32 Å². The zero-order valence-corrected chi connectivity index (χ0v) is 7.69. The molecule has 0 saturated carbocycles. The Morgan fingerprint density at radius 2 is 1.92 bits per heavy atom. The molecule has 80 valence electrons. The van der Waals surface area contributed by atoms with Crippen LogP contribution in [0.2, 0.25) is 0 Å². The van der Waals surface area contributed by atoms with Crippen LogP contribution >= 0.6 is 0 Å². The van der Waals surface area contributed by atoms with Gasteiger partial charge in [-0.15, -0.1) is 0 Å². The van der Waals surface area contributed by atoms with Gasteiger partial charge in [-0.2, -0.15) is 13.2 Å². The van der Waals surface area contributed by atoms with Gasteiger partial charge in [0.2, 0.25) is 0 Å². The molecule has 0 radical (unpaired) electrons. The van der Waals surface area contributed by atoms with E-state index in [1.165, 1.54) is 0 Å². The first-order valence-electron chi connectivity index (χ1n) is 4.37. The molecule has 2 N–H and O–H groups in total. The molecule has 0 bridgehead atoms. The van der Waals surface area contributed by atoms with Gasteiger partial charge in [0.1, 0.15) is 0 Å². The predicted octanol–water partition coefficient (Wildman–Crippen LogP) is 1.69. The Balaban J connectivity index is 3.09. The van der Waals surface area contributed by atoms with Gasteiger partial charge in [0, 0.05) is 6.42 Å². The summed E-state index contributed by atoms with van der Waals surface area (Å²) < 4.78 is 34.9. The summed E-state index contributed by atoms with van der Waals surface area (Å²) in [6.07, 6.45) is -4.51. The Kier molecular flexibility index (Phi) is 6.07. The summed E-state index contributed by atoms with van der Waals surface area (Å²) >= 11 is 0. The molecule has 0 saturated heterocycles. The molecule has 0 aliphatic heterocycles. The second-order valence-corrected chi connectivity index (χ2v) is 3.11. The van der Waals surface area contributed by atoms with E-state index in [9.17, 15) is 13.2 Å². The Morgan fingerprint density at radius 1 is 1.31 bits per heavy atom. The Hall–Kier alpha value is -0.290. The minimum atomic E-state index is -4.05. The molecule has 1 unspecified atom stereocenters. The summed E-state index contributed by atoms with van der Waals surface area (Å²) in [7, 11) is 0. The smallest absolute Gasteiger partial charge is 0.389 e. The number of hydrogen-bond acceptors (Lipinski definition) is 2. The molecule has 0 aromatic rings. The van der Waals surface area contributed by atoms with E-state index in [2.05, 4.69) is 5.32 Å². The normalized spacial score (nSPS) is 14.5. The van der Waals surface area contributed by atoms with Crippen LogP contribution in [0, 0.1) is 0 Å². The highest BCUT2D eigenvalue weighted by Crippen LogP contribution is 2.20. The maximum absolute atomic E-state index is 11.6. The quantitative estimate of drug-likeness (QED) is 0.638. The number of nitrogens with one attached hydrogen (secondary N) is 1. The molecule has 0 fully saturated rings. The largest absolute Gasteiger partial charge is 0.393 e. The maximum atomic E-state index is 11.6. The number of aliphatic hydroxyl groups excluding tert-OH is 1. The van der Waals surface area contributed by atoms with E-state index in [-0.39, 0.29) is 6.42 Å². The topological polar surface area (TPSA) is 32.3 Å². The summed E-state index contributed by atoms with van der Waals surface area (Å²) in [6, 6.07) is 0. The Bertz CT molecular complexity index is 125. The van der Waals surface area contributed by atoms with Crippen molar-refractivity contribution in [3.8, 4) is 0 Å². The monoisotopic (exact) mass is 199 g/mol. The molecule has 0 aliphatic carbocycles. The van der Waals surface area contributed by atoms with Crippen molar-refractivity contribution in [1.29, 1.82) is 0 Å². The summed E-state index contributed by atoms with van der Waals surface area (Å²) in [5.41, 5.74) is 0. The second kappa shape index (κ2) is 6.21. The Morgan fingerprint density at radius 3 is 2.38 bits per heavy atom. The van der Waals surface area contributed by atoms with Crippen LogP contribution in [0.4, 0.5) is 13.2 Å². The number of aliphatic hydroxyl groups is 1. The molecule has 0 heterocycles. The molecule has 5 heteroatoms. The number of rotatable bonds is 6. The first-order valence-corrected chi connectivity index (χ1v) is 4.37. The second-order valence-electron chi connectivity index (χ2n) is 3.11. The third-order valence-electron chi connectivity index (χ3n) is 1.55. The van der Waals surface area contributed by atoms with Crippen molar-refractivity contribution in [2.45, 2.75) is 38.5 Å². The van der Waals surface area contributed by atoms with Crippen molar-refractivity contribution in [2.75, 3.05) is 13.1 Å². The lowest BCUT2D eigenvalue weighted by molar-refractivity contribution is -0.135. The van der Waals surface area contributed by atoms with E-state index in [1.807, 2.05) is 0 Å². The first-order chi connectivity index (χ1) is 5.92. The van der Waals surface area contributed by atoms with Gasteiger partial charge in [0.05, 0.1) is 6.10 Å². The molecular formula is C8H16F3NO. The highest BCUT2D eigenvalue weighted by Gasteiger charge is 2.25. The van der Waals surface area contributed by atoms with Crippen LogP contribution in [0.3, 0.4) is 0 Å². The van der Waals surface area contributed by atoms with Crippen LogP contribution in [0.25, 0.3) is 0 Å². The highest BCUT2D eigenvalue weighted by atomic mass is 19.4. The third-order valence-corrected chi connectivity index (χ3v) is 1.55. The van der Waals surface area contributed by atoms with E-state index in [1.54, 1.807) is 6.92 Å². The van der Waals surface area contributed by atoms with Gasteiger partial charge in [-0.05, 0) is 32.9 Å². The van der Waals surface area contributed by atoms with Gasteiger partial charge in [-0.25, -0.2) is 0 Å². The molecular weight excluding hydrogens is 183 g/mol. The zero-order valence-electron chi connectivity index (χ0n) is 7.69. The lowest BCUT2D eigenvalue weighted by Crippen LogP contribution is -2.21. The fourth-order valence-corrected chi connectivity index (χ4v) is 0.850. The summed E-state index contributed by atoms with van der Waals surface area (Å²) in [6.45, 7) is 2.57. The van der Waals surface area contributed by atoms with Crippen LogP contribution in [0.5, 0.6) is 0 Å². The molecule has 0 rings (SSSR count). The molecule has 0 amide bonds. The number of hydrogen-bond donors (Lipinski definition) is 2. The van der Waals surface area contributed by atoms with Crippen LogP contribution in [0.15, 0.2) is 0 Å². The van der Waals surface area contributed by atoms with Crippen LogP contribution in [-0.2, 0) is 0 Å². The van der Waals surface area contributed by atoms with E-state index in [0.717, 1.165) is 0 Å². The average molecular weight is 199 g/mol. The van der Waals surface area contributed by atoms with E-state index in [4.69, 9.17) is 5.11 Å².